The van der Waals surface area contributed by atoms with E-state index in [1.54, 1.807) is 0 Å². The minimum absolute atomic E-state index is 0.284. The van der Waals surface area contributed by atoms with Crippen LogP contribution in [0.15, 0.2) is 4.99 Å². The molecule has 0 aromatic heterocycles. The molecule has 90 valence electrons. The van der Waals surface area contributed by atoms with Gasteiger partial charge in [-0.3, -0.25) is 9.83 Å². The van der Waals surface area contributed by atoms with Gasteiger partial charge in [0.05, 0.1) is 26.4 Å². The van der Waals surface area contributed by atoms with E-state index in [4.69, 9.17) is 20.0 Å². The van der Waals surface area contributed by atoms with Crippen LogP contribution in [-0.2, 0) is 14.3 Å². The smallest absolute Gasteiger partial charge is 0.213 e. The molecule has 0 heterocycles. The zero-order valence-electron chi connectivity index (χ0n) is 9.49. The highest BCUT2D eigenvalue weighted by Gasteiger charge is 1.91. The molecule has 0 atom stereocenters. The molecule has 0 aliphatic heterocycles. The van der Waals surface area contributed by atoms with Gasteiger partial charge in [-0.15, -0.1) is 0 Å². The Labute approximate surface area is 90.7 Å². The molecule has 0 aromatic rings. The predicted molar refractivity (Wildman–Crippen MR) is 58.6 cm³/mol. The van der Waals surface area contributed by atoms with E-state index < -0.39 is 0 Å². The molecule has 15 heavy (non-hydrogen) atoms. The summed E-state index contributed by atoms with van der Waals surface area (Å²) in [5.41, 5.74) is 7.92. The zero-order valence-corrected chi connectivity index (χ0v) is 9.49. The fourth-order valence-electron chi connectivity index (χ4n) is 0.792. The van der Waals surface area contributed by atoms with E-state index in [1.807, 2.05) is 13.8 Å². The van der Waals surface area contributed by atoms with Crippen molar-refractivity contribution in [2.24, 2.45) is 10.7 Å². The SMILES string of the molecule is CCN=C(N)NOCCOCCOCC. The average molecular weight is 219 g/mol. The van der Waals surface area contributed by atoms with E-state index in [0.29, 0.717) is 39.6 Å². The largest absolute Gasteiger partial charge is 0.379 e. The first-order chi connectivity index (χ1) is 7.31. The van der Waals surface area contributed by atoms with Crippen LogP contribution in [0.2, 0.25) is 0 Å². The van der Waals surface area contributed by atoms with Gasteiger partial charge < -0.3 is 15.2 Å². The number of nitrogens with one attached hydrogen (secondary N) is 1. The Kier molecular flexibility index (Phi) is 10.6. The third-order valence-electron chi connectivity index (χ3n) is 1.41. The second-order valence-corrected chi connectivity index (χ2v) is 2.62. The number of aliphatic imine (C=N–C) groups is 1. The summed E-state index contributed by atoms with van der Waals surface area (Å²) < 4.78 is 10.3. The summed E-state index contributed by atoms with van der Waals surface area (Å²) >= 11 is 0. The van der Waals surface area contributed by atoms with Crippen molar-refractivity contribution in [3.05, 3.63) is 0 Å². The molecule has 0 aromatic carbocycles. The van der Waals surface area contributed by atoms with Gasteiger partial charge in [0.15, 0.2) is 0 Å². The maximum atomic E-state index is 5.42. The van der Waals surface area contributed by atoms with Crippen molar-refractivity contribution in [3.8, 4) is 0 Å². The van der Waals surface area contributed by atoms with Gasteiger partial charge in [-0.2, -0.15) is 0 Å². The Hall–Kier alpha value is -0.850. The van der Waals surface area contributed by atoms with E-state index in [0.717, 1.165) is 0 Å². The molecule has 0 rings (SSSR count). The van der Waals surface area contributed by atoms with Crippen molar-refractivity contribution >= 4 is 5.96 Å². The normalized spacial score (nSPS) is 11.7. The molecule has 0 saturated carbocycles. The van der Waals surface area contributed by atoms with E-state index in [9.17, 15) is 0 Å². The van der Waals surface area contributed by atoms with Crippen molar-refractivity contribution in [2.45, 2.75) is 13.8 Å². The van der Waals surface area contributed by atoms with Crippen LogP contribution < -0.4 is 11.2 Å². The molecule has 3 N–H and O–H groups in total. The summed E-state index contributed by atoms with van der Waals surface area (Å²) in [7, 11) is 0. The van der Waals surface area contributed by atoms with Crippen LogP contribution in [0, 0.1) is 0 Å². The Morgan fingerprint density at radius 1 is 1.13 bits per heavy atom. The van der Waals surface area contributed by atoms with Gasteiger partial charge in [-0.05, 0) is 13.8 Å². The highest BCUT2D eigenvalue weighted by Crippen LogP contribution is 1.79. The quantitative estimate of drug-likeness (QED) is 0.245. The monoisotopic (exact) mass is 219 g/mol. The lowest BCUT2D eigenvalue weighted by Gasteiger charge is -2.06. The summed E-state index contributed by atoms with van der Waals surface area (Å²) in [5, 5.41) is 0. The van der Waals surface area contributed by atoms with Crippen molar-refractivity contribution in [1.82, 2.24) is 5.48 Å². The van der Waals surface area contributed by atoms with Crippen molar-refractivity contribution < 1.29 is 14.3 Å². The molecule has 0 spiro atoms. The van der Waals surface area contributed by atoms with E-state index in [2.05, 4.69) is 10.5 Å². The number of rotatable bonds is 9. The fourth-order valence-corrected chi connectivity index (χ4v) is 0.792. The Bertz CT molecular complexity index is 165. The van der Waals surface area contributed by atoms with Crippen LogP contribution in [0.3, 0.4) is 0 Å². The molecule has 0 saturated heterocycles. The van der Waals surface area contributed by atoms with Gasteiger partial charge in [-0.1, -0.05) is 0 Å². The third kappa shape index (κ3) is 11.1. The number of guanidine groups is 1. The maximum Gasteiger partial charge on any atom is 0.213 e. The van der Waals surface area contributed by atoms with Gasteiger partial charge in [0.25, 0.3) is 0 Å². The van der Waals surface area contributed by atoms with Gasteiger partial charge >= 0.3 is 0 Å². The Balaban J connectivity index is 3.08. The Morgan fingerprint density at radius 3 is 2.47 bits per heavy atom. The van der Waals surface area contributed by atoms with Gasteiger partial charge in [0, 0.05) is 13.2 Å². The zero-order chi connectivity index (χ0) is 11.4. The van der Waals surface area contributed by atoms with Crippen molar-refractivity contribution in [2.75, 3.05) is 39.6 Å². The molecule has 0 amide bonds. The van der Waals surface area contributed by atoms with Crippen LogP contribution in [0.4, 0.5) is 0 Å². The van der Waals surface area contributed by atoms with Crippen LogP contribution in [-0.4, -0.2) is 45.5 Å². The predicted octanol–water partition coefficient (Wildman–Crippen LogP) is -0.105. The topological polar surface area (TPSA) is 78.1 Å². The lowest BCUT2D eigenvalue weighted by molar-refractivity contribution is 0.000661. The van der Waals surface area contributed by atoms with E-state index in [1.165, 1.54) is 0 Å². The minimum Gasteiger partial charge on any atom is -0.379 e. The molecule has 0 radical (unpaired) electrons. The molecular weight excluding hydrogens is 198 g/mol. The van der Waals surface area contributed by atoms with Crippen molar-refractivity contribution in [3.63, 3.8) is 0 Å². The number of hydrogen-bond donors (Lipinski definition) is 2. The standard InChI is InChI=1S/C9H21N3O3/c1-3-11-9(10)12-15-8-7-14-6-5-13-4-2/h3-8H2,1-2H3,(H3,10,11,12). The molecule has 6 heteroatoms. The molecule has 0 aliphatic rings. The van der Waals surface area contributed by atoms with Gasteiger partial charge in [0.2, 0.25) is 5.96 Å². The molecule has 6 nitrogen and oxygen atoms in total. The molecular formula is C9H21N3O3. The van der Waals surface area contributed by atoms with Crippen LogP contribution in [0.5, 0.6) is 0 Å². The summed E-state index contributed by atoms with van der Waals surface area (Å²) in [6.45, 7) is 7.30. The number of hydrogen-bond acceptors (Lipinski definition) is 4. The summed E-state index contributed by atoms with van der Waals surface area (Å²) in [5.74, 6) is 0.284. The highest BCUT2D eigenvalue weighted by molar-refractivity contribution is 5.76. The fraction of sp³-hybridized carbons (Fsp3) is 0.889. The molecule has 0 bridgehead atoms. The summed E-state index contributed by atoms with van der Waals surface area (Å²) in [4.78, 5) is 8.86. The second-order valence-electron chi connectivity index (χ2n) is 2.62. The van der Waals surface area contributed by atoms with Crippen LogP contribution >= 0.6 is 0 Å². The number of nitrogens with zero attached hydrogens (tertiary/aromatic N) is 1. The first-order valence-corrected chi connectivity index (χ1v) is 5.14. The van der Waals surface area contributed by atoms with Crippen molar-refractivity contribution in [1.29, 1.82) is 0 Å². The van der Waals surface area contributed by atoms with Crippen LogP contribution in [0.25, 0.3) is 0 Å². The van der Waals surface area contributed by atoms with Gasteiger partial charge in [-0.25, -0.2) is 5.48 Å². The molecule has 0 fully saturated rings. The molecule has 0 unspecified atom stereocenters. The lowest BCUT2D eigenvalue weighted by Crippen LogP contribution is -2.32. The first-order valence-electron chi connectivity index (χ1n) is 5.14. The average Bonchev–Trinajstić information content (AvgIpc) is 2.22. The number of nitrogens with two attached hydrogens (primary N) is 1. The minimum atomic E-state index is 0.284. The second kappa shape index (κ2) is 11.2. The van der Waals surface area contributed by atoms with Gasteiger partial charge in [0.1, 0.15) is 0 Å². The van der Waals surface area contributed by atoms with E-state index >= 15 is 0 Å². The first kappa shape index (κ1) is 14.2. The number of hydroxylamine groups is 1. The summed E-state index contributed by atoms with van der Waals surface area (Å²) in [6, 6.07) is 0. The molecule has 0 aliphatic carbocycles. The maximum absolute atomic E-state index is 5.42. The van der Waals surface area contributed by atoms with Crippen LogP contribution in [0.1, 0.15) is 13.8 Å². The third-order valence-corrected chi connectivity index (χ3v) is 1.41. The van der Waals surface area contributed by atoms with E-state index in [-0.39, 0.29) is 5.96 Å². The lowest BCUT2D eigenvalue weighted by atomic mass is 10.7. The Morgan fingerprint density at radius 2 is 1.80 bits per heavy atom. The summed E-state index contributed by atoms with van der Waals surface area (Å²) in [6.07, 6.45) is 0. The highest BCUT2D eigenvalue weighted by atomic mass is 16.7. The number of ether oxygens (including phenoxy) is 2.